The van der Waals surface area contributed by atoms with Crippen LogP contribution in [0.3, 0.4) is 0 Å². The lowest BCUT2D eigenvalue weighted by atomic mass is 9.96. The van der Waals surface area contributed by atoms with E-state index in [4.69, 9.17) is 23.2 Å². The van der Waals surface area contributed by atoms with Gasteiger partial charge in [0, 0.05) is 19.5 Å². The maximum atomic E-state index is 12.3. The molecule has 1 aromatic rings. The van der Waals surface area contributed by atoms with Crippen LogP contribution in [0.5, 0.6) is 0 Å². The van der Waals surface area contributed by atoms with Gasteiger partial charge < -0.3 is 10.2 Å². The Kier molecular flexibility index (Phi) is 10.1. The molecule has 1 aliphatic heterocycles. The van der Waals surface area contributed by atoms with Crippen molar-refractivity contribution in [3.05, 3.63) is 33.8 Å². The number of rotatable bonds is 7. The lowest BCUT2D eigenvalue weighted by molar-refractivity contribution is -0.132. The zero-order chi connectivity index (χ0) is 16.7. The average Bonchev–Trinajstić information content (AvgIpc) is 2.56. The zero-order valence-corrected chi connectivity index (χ0v) is 16.5. The minimum Gasteiger partial charge on any atom is -0.343 e. The van der Waals surface area contributed by atoms with Gasteiger partial charge in [0.1, 0.15) is 0 Å². The number of aryl methyl sites for hydroxylation is 1. The zero-order valence-electron chi connectivity index (χ0n) is 14.2. The number of likely N-dealkylation sites (tertiary alicyclic amines) is 1. The maximum absolute atomic E-state index is 12.3. The normalized spacial score (nSPS) is 15.2. The van der Waals surface area contributed by atoms with E-state index in [9.17, 15) is 4.79 Å². The highest BCUT2D eigenvalue weighted by Gasteiger charge is 2.21. The second-order valence-electron chi connectivity index (χ2n) is 6.23. The summed E-state index contributed by atoms with van der Waals surface area (Å²) in [6.45, 7) is 6.04. The third-order valence-electron chi connectivity index (χ3n) is 4.49. The predicted octanol–water partition coefficient (Wildman–Crippen LogP) is 4.59. The molecule has 0 unspecified atom stereocenters. The lowest BCUT2D eigenvalue weighted by Gasteiger charge is -2.32. The Balaban J connectivity index is 0.00000288. The fourth-order valence-corrected chi connectivity index (χ4v) is 3.35. The van der Waals surface area contributed by atoms with Crippen LogP contribution >= 0.6 is 35.6 Å². The minimum absolute atomic E-state index is 0. The molecule has 136 valence electrons. The Morgan fingerprint density at radius 1 is 1.25 bits per heavy atom. The van der Waals surface area contributed by atoms with Crippen LogP contribution in [0.1, 0.15) is 38.2 Å². The van der Waals surface area contributed by atoms with Gasteiger partial charge in [0.15, 0.2) is 0 Å². The van der Waals surface area contributed by atoms with Crippen molar-refractivity contribution in [1.29, 1.82) is 0 Å². The van der Waals surface area contributed by atoms with Crippen LogP contribution in [0.25, 0.3) is 0 Å². The average molecular weight is 394 g/mol. The molecule has 0 spiro atoms. The van der Waals surface area contributed by atoms with Gasteiger partial charge in [0.2, 0.25) is 5.91 Å². The molecule has 1 aromatic carbocycles. The van der Waals surface area contributed by atoms with Gasteiger partial charge in [-0.05, 0) is 62.4 Å². The Morgan fingerprint density at radius 3 is 2.58 bits per heavy atom. The summed E-state index contributed by atoms with van der Waals surface area (Å²) in [4.78, 5) is 14.3. The Morgan fingerprint density at radius 2 is 1.96 bits per heavy atom. The van der Waals surface area contributed by atoms with Crippen LogP contribution in [-0.4, -0.2) is 37.0 Å². The molecule has 24 heavy (non-hydrogen) atoms. The smallest absolute Gasteiger partial charge is 0.222 e. The standard InChI is InChI=1S/C18H26Cl2N2O.ClH/c1-2-21-13-15-8-10-22(11-9-15)18(23)5-3-4-14-6-7-16(19)17(20)12-14;/h6-7,12,15,21H,2-5,8-11,13H2,1H3;1H. The first-order chi connectivity index (χ1) is 11.1. The Labute approximate surface area is 161 Å². The van der Waals surface area contributed by atoms with Crippen molar-refractivity contribution in [3.63, 3.8) is 0 Å². The number of carbonyl (C=O) groups excluding carboxylic acids is 1. The fourth-order valence-electron chi connectivity index (χ4n) is 3.03. The van der Waals surface area contributed by atoms with Crippen molar-refractivity contribution in [1.82, 2.24) is 10.2 Å². The van der Waals surface area contributed by atoms with Crippen molar-refractivity contribution in [2.45, 2.75) is 39.0 Å². The van der Waals surface area contributed by atoms with Gasteiger partial charge >= 0.3 is 0 Å². The first kappa shape index (κ1) is 21.6. The Bertz CT molecular complexity index is 517. The predicted molar refractivity (Wildman–Crippen MR) is 104 cm³/mol. The first-order valence-corrected chi connectivity index (χ1v) is 9.28. The molecule has 1 heterocycles. The molecular weight excluding hydrogens is 367 g/mol. The molecule has 6 heteroatoms. The number of halogens is 3. The molecule has 0 aliphatic carbocycles. The third-order valence-corrected chi connectivity index (χ3v) is 5.23. The van der Waals surface area contributed by atoms with Crippen LogP contribution in [0.4, 0.5) is 0 Å². The van der Waals surface area contributed by atoms with E-state index in [1.807, 2.05) is 23.1 Å². The van der Waals surface area contributed by atoms with Crippen LogP contribution in [0.15, 0.2) is 18.2 Å². The molecular formula is C18H27Cl3N2O. The van der Waals surface area contributed by atoms with Crippen molar-refractivity contribution in [2.24, 2.45) is 5.92 Å². The van der Waals surface area contributed by atoms with Crippen molar-refractivity contribution in [3.8, 4) is 0 Å². The van der Waals surface area contributed by atoms with Gasteiger partial charge in [-0.2, -0.15) is 0 Å². The molecule has 0 saturated carbocycles. The highest BCUT2D eigenvalue weighted by molar-refractivity contribution is 6.42. The van der Waals surface area contributed by atoms with Crippen molar-refractivity contribution in [2.75, 3.05) is 26.2 Å². The third kappa shape index (κ3) is 6.79. The summed E-state index contributed by atoms with van der Waals surface area (Å²) in [5, 5.41) is 4.56. The molecule has 1 N–H and O–H groups in total. The highest BCUT2D eigenvalue weighted by atomic mass is 35.5. The molecule has 0 aromatic heterocycles. The largest absolute Gasteiger partial charge is 0.343 e. The van der Waals surface area contributed by atoms with E-state index in [-0.39, 0.29) is 18.3 Å². The molecule has 1 amide bonds. The van der Waals surface area contributed by atoms with E-state index in [2.05, 4.69) is 12.2 Å². The number of carbonyl (C=O) groups is 1. The number of benzene rings is 1. The Hall–Kier alpha value is -0.480. The van der Waals surface area contributed by atoms with E-state index in [0.29, 0.717) is 16.5 Å². The summed E-state index contributed by atoms with van der Waals surface area (Å²) in [6, 6.07) is 5.68. The van der Waals surface area contributed by atoms with Gasteiger partial charge in [0.25, 0.3) is 0 Å². The molecule has 0 atom stereocenters. The number of amides is 1. The number of hydrogen-bond acceptors (Lipinski definition) is 2. The van der Waals surface area contributed by atoms with E-state index >= 15 is 0 Å². The summed E-state index contributed by atoms with van der Waals surface area (Å²) in [7, 11) is 0. The maximum Gasteiger partial charge on any atom is 0.222 e. The number of nitrogens with zero attached hydrogens (tertiary/aromatic N) is 1. The minimum atomic E-state index is 0. The first-order valence-electron chi connectivity index (χ1n) is 8.52. The van der Waals surface area contributed by atoms with Gasteiger partial charge in [-0.15, -0.1) is 12.4 Å². The van der Waals surface area contributed by atoms with Crippen LogP contribution in [0, 0.1) is 5.92 Å². The quantitative estimate of drug-likeness (QED) is 0.735. The van der Waals surface area contributed by atoms with Crippen LogP contribution in [0.2, 0.25) is 10.0 Å². The number of piperidine rings is 1. The van der Waals surface area contributed by atoms with Crippen LogP contribution < -0.4 is 5.32 Å². The molecule has 0 radical (unpaired) electrons. The molecule has 1 aliphatic rings. The molecule has 1 fully saturated rings. The SMILES string of the molecule is CCNCC1CCN(C(=O)CCCc2ccc(Cl)c(Cl)c2)CC1.Cl. The summed E-state index contributed by atoms with van der Waals surface area (Å²) < 4.78 is 0. The molecule has 2 rings (SSSR count). The second kappa shape index (κ2) is 11.2. The topological polar surface area (TPSA) is 32.3 Å². The summed E-state index contributed by atoms with van der Waals surface area (Å²) in [5.74, 6) is 1.00. The van der Waals surface area contributed by atoms with Gasteiger partial charge in [-0.1, -0.05) is 36.2 Å². The summed E-state index contributed by atoms with van der Waals surface area (Å²) in [6.07, 6.45) is 4.56. The monoisotopic (exact) mass is 392 g/mol. The van der Waals surface area contributed by atoms with E-state index in [1.165, 1.54) is 0 Å². The van der Waals surface area contributed by atoms with E-state index < -0.39 is 0 Å². The van der Waals surface area contributed by atoms with Crippen molar-refractivity contribution >= 4 is 41.5 Å². The van der Waals surface area contributed by atoms with Gasteiger partial charge in [-0.3, -0.25) is 4.79 Å². The van der Waals surface area contributed by atoms with Crippen molar-refractivity contribution < 1.29 is 4.79 Å². The van der Waals surface area contributed by atoms with E-state index in [1.54, 1.807) is 0 Å². The van der Waals surface area contributed by atoms with Gasteiger partial charge in [0.05, 0.1) is 10.0 Å². The fraction of sp³-hybridized carbons (Fsp3) is 0.611. The summed E-state index contributed by atoms with van der Waals surface area (Å²) in [5.41, 5.74) is 1.14. The molecule has 1 saturated heterocycles. The van der Waals surface area contributed by atoms with E-state index in [0.717, 1.165) is 63.3 Å². The molecule has 3 nitrogen and oxygen atoms in total. The second-order valence-corrected chi connectivity index (χ2v) is 7.05. The lowest BCUT2D eigenvalue weighted by Crippen LogP contribution is -2.40. The number of hydrogen-bond donors (Lipinski definition) is 1. The highest BCUT2D eigenvalue weighted by Crippen LogP contribution is 2.23. The van der Waals surface area contributed by atoms with Crippen LogP contribution in [-0.2, 0) is 11.2 Å². The molecule has 0 bridgehead atoms. The summed E-state index contributed by atoms with van der Waals surface area (Å²) >= 11 is 11.9. The number of nitrogens with one attached hydrogen (secondary N) is 1. The van der Waals surface area contributed by atoms with Gasteiger partial charge in [-0.25, -0.2) is 0 Å².